The van der Waals surface area contributed by atoms with Crippen LogP contribution >= 0.6 is 0 Å². The Labute approximate surface area is 181 Å². The van der Waals surface area contributed by atoms with Gasteiger partial charge in [-0.05, 0) is 13.3 Å². The van der Waals surface area contributed by atoms with Crippen molar-refractivity contribution in [3.05, 3.63) is 0 Å². The molecular weight excluding hydrogens is 392 g/mol. The molecule has 8 heteroatoms. The largest absolute Gasteiger partial charge is 0.469 e. The summed E-state index contributed by atoms with van der Waals surface area (Å²) in [5.41, 5.74) is 0. The third-order valence-electron chi connectivity index (χ3n) is 3.56. The van der Waals surface area contributed by atoms with Gasteiger partial charge in [0.25, 0.3) is 0 Å². The number of esters is 3. The van der Waals surface area contributed by atoms with Crippen molar-refractivity contribution in [3.63, 3.8) is 0 Å². The zero-order valence-electron chi connectivity index (χ0n) is 20.2. The highest BCUT2D eigenvalue weighted by Crippen LogP contribution is 2.09. The van der Waals surface area contributed by atoms with Crippen LogP contribution in [0.3, 0.4) is 0 Å². The van der Waals surface area contributed by atoms with Gasteiger partial charge in [0, 0.05) is 0 Å². The van der Waals surface area contributed by atoms with Crippen molar-refractivity contribution in [1.29, 1.82) is 0 Å². The summed E-state index contributed by atoms with van der Waals surface area (Å²) in [5.74, 6) is -0.611. The molecule has 0 aromatic rings. The second kappa shape index (κ2) is 18.1. The summed E-state index contributed by atoms with van der Waals surface area (Å²) in [6.07, 6.45) is 1.86. The van der Waals surface area contributed by atoms with Crippen LogP contribution < -0.4 is 0 Å². The van der Waals surface area contributed by atoms with Crippen LogP contribution in [0.4, 0.5) is 0 Å². The molecule has 0 aromatic heterocycles. The minimum atomic E-state index is -0.415. The molecule has 1 aliphatic heterocycles. The van der Waals surface area contributed by atoms with E-state index >= 15 is 0 Å². The van der Waals surface area contributed by atoms with Gasteiger partial charge in [-0.15, -0.1) is 0 Å². The van der Waals surface area contributed by atoms with Crippen molar-refractivity contribution in [3.8, 4) is 0 Å². The van der Waals surface area contributed by atoms with Crippen LogP contribution in [0.2, 0.25) is 0 Å². The van der Waals surface area contributed by atoms with Crippen molar-refractivity contribution in [2.24, 2.45) is 17.8 Å². The van der Waals surface area contributed by atoms with Gasteiger partial charge >= 0.3 is 17.9 Å². The summed E-state index contributed by atoms with van der Waals surface area (Å²) in [7, 11) is 1.39. The molecule has 0 aromatic carbocycles. The maximum Gasteiger partial charge on any atom is 0.310 e. The van der Waals surface area contributed by atoms with Crippen molar-refractivity contribution in [2.75, 3.05) is 26.9 Å². The molecule has 0 spiro atoms. The van der Waals surface area contributed by atoms with Crippen LogP contribution in [0.1, 0.15) is 68.2 Å². The van der Waals surface area contributed by atoms with Crippen LogP contribution in [0.25, 0.3) is 0 Å². The molecule has 1 saturated heterocycles. The van der Waals surface area contributed by atoms with E-state index in [1.54, 1.807) is 34.6 Å². The maximum atomic E-state index is 11.1. The molecular formula is C22H42O8. The van der Waals surface area contributed by atoms with Gasteiger partial charge < -0.3 is 23.7 Å². The lowest BCUT2D eigenvalue weighted by atomic mass is 10.2. The molecule has 178 valence electrons. The van der Waals surface area contributed by atoms with Crippen LogP contribution in [-0.2, 0) is 38.1 Å². The van der Waals surface area contributed by atoms with Crippen molar-refractivity contribution >= 4 is 17.9 Å². The zero-order valence-corrected chi connectivity index (χ0v) is 20.2. The van der Waals surface area contributed by atoms with Crippen LogP contribution in [0, 0.1) is 17.8 Å². The number of ether oxygens (including phenoxy) is 5. The van der Waals surface area contributed by atoms with Crippen LogP contribution in [0.5, 0.6) is 0 Å². The SMILES string of the molecule is CC(C)C(=O)OCC1CO1.CCCCOC(C)OC(=O)C(C)C.COC(=O)C(C)C. The van der Waals surface area contributed by atoms with E-state index in [2.05, 4.69) is 11.7 Å². The summed E-state index contributed by atoms with van der Waals surface area (Å²) in [5, 5.41) is 0. The Morgan fingerprint density at radius 1 is 0.900 bits per heavy atom. The fraction of sp³-hybridized carbons (Fsp3) is 0.864. The lowest BCUT2D eigenvalue weighted by Crippen LogP contribution is -2.21. The van der Waals surface area contributed by atoms with Crippen LogP contribution in [-0.4, -0.2) is 57.2 Å². The van der Waals surface area contributed by atoms with E-state index in [0.29, 0.717) is 13.2 Å². The van der Waals surface area contributed by atoms with Gasteiger partial charge in [0.05, 0.1) is 38.1 Å². The van der Waals surface area contributed by atoms with Gasteiger partial charge in [-0.3, -0.25) is 14.4 Å². The van der Waals surface area contributed by atoms with E-state index in [4.69, 9.17) is 18.9 Å². The molecule has 0 saturated carbocycles. The lowest BCUT2D eigenvalue weighted by Gasteiger charge is -2.15. The molecule has 0 amide bonds. The average molecular weight is 435 g/mol. The van der Waals surface area contributed by atoms with E-state index < -0.39 is 6.29 Å². The summed E-state index contributed by atoms with van der Waals surface area (Å²) < 4.78 is 24.4. The normalized spacial score (nSPS) is 15.4. The monoisotopic (exact) mass is 434 g/mol. The Hall–Kier alpha value is -1.67. The first-order valence-electron chi connectivity index (χ1n) is 10.6. The van der Waals surface area contributed by atoms with E-state index in [1.807, 2.05) is 13.8 Å². The molecule has 1 fully saturated rings. The van der Waals surface area contributed by atoms with Gasteiger partial charge in [-0.2, -0.15) is 0 Å². The average Bonchev–Trinajstić information content (AvgIpc) is 3.50. The number of hydrogen-bond donors (Lipinski definition) is 0. The molecule has 0 bridgehead atoms. The van der Waals surface area contributed by atoms with E-state index in [1.165, 1.54) is 7.11 Å². The zero-order chi connectivity index (χ0) is 23.7. The van der Waals surface area contributed by atoms with Gasteiger partial charge in [0.15, 0.2) is 6.29 Å². The molecule has 30 heavy (non-hydrogen) atoms. The second-order valence-electron chi connectivity index (χ2n) is 7.80. The molecule has 2 unspecified atom stereocenters. The first-order chi connectivity index (χ1) is 14.0. The highest BCUT2D eigenvalue weighted by Gasteiger charge is 2.24. The molecule has 1 heterocycles. The summed E-state index contributed by atoms with van der Waals surface area (Å²) in [6, 6.07) is 0. The molecule has 2 atom stereocenters. The first-order valence-corrected chi connectivity index (χ1v) is 10.6. The minimum Gasteiger partial charge on any atom is -0.469 e. The third-order valence-corrected chi connectivity index (χ3v) is 3.56. The molecule has 0 N–H and O–H groups in total. The van der Waals surface area contributed by atoms with Gasteiger partial charge in [0.1, 0.15) is 12.7 Å². The van der Waals surface area contributed by atoms with Gasteiger partial charge in [-0.1, -0.05) is 54.9 Å². The fourth-order valence-electron chi connectivity index (χ4n) is 1.47. The second-order valence-corrected chi connectivity index (χ2v) is 7.80. The number of hydrogen-bond acceptors (Lipinski definition) is 8. The predicted molar refractivity (Wildman–Crippen MR) is 114 cm³/mol. The predicted octanol–water partition coefficient (Wildman–Crippen LogP) is 3.75. The highest BCUT2D eigenvalue weighted by atomic mass is 16.7. The number of rotatable bonds is 10. The Morgan fingerprint density at radius 2 is 1.40 bits per heavy atom. The third kappa shape index (κ3) is 19.6. The summed E-state index contributed by atoms with van der Waals surface area (Å²) >= 11 is 0. The van der Waals surface area contributed by atoms with E-state index in [0.717, 1.165) is 19.4 Å². The number of methoxy groups -OCH3 is 1. The minimum absolute atomic E-state index is 0.00463. The Bertz CT molecular complexity index is 470. The smallest absolute Gasteiger partial charge is 0.310 e. The quantitative estimate of drug-likeness (QED) is 0.168. The van der Waals surface area contributed by atoms with Crippen LogP contribution in [0.15, 0.2) is 0 Å². The van der Waals surface area contributed by atoms with Crippen molar-refractivity contribution in [1.82, 2.24) is 0 Å². The van der Waals surface area contributed by atoms with E-state index in [9.17, 15) is 14.4 Å². The number of carbonyl (C=O) groups is 3. The maximum absolute atomic E-state index is 11.1. The molecule has 1 rings (SSSR count). The topological polar surface area (TPSA) is 101 Å². The Balaban J connectivity index is 0. The Morgan fingerprint density at radius 3 is 1.73 bits per heavy atom. The van der Waals surface area contributed by atoms with Gasteiger partial charge in [-0.25, -0.2) is 0 Å². The summed E-state index contributed by atoms with van der Waals surface area (Å²) in [6.45, 7) is 16.5. The first kappa shape index (κ1) is 30.5. The van der Waals surface area contributed by atoms with Gasteiger partial charge in [0.2, 0.25) is 0 Å². The number of unbranched alkanes of at least 4 members (excludes halogenated alkanes) is 1. The highest BCUT2D eigenvalue weighted by molar-refractivity contribution is 5.72. The fourth-order valence-corrected chi connectivity index (χ4v) is 1.47. The molecule has 0 aliphatic carbocycles. The van der Waals surface area contributed by atoms with E-state index in [-0.39, 0.29) is 41.8 Å². The molecule has 8 nitrogen and oxygen atoms in total. The number of epoxide rings is 1. The van der Waals surface area contributed by atoms with Crippen molar-refractivity contribution < 1.29 is 38.1 Å². The number of carbonyl (C=O) groups excluding carboxylic acids is 3. The Kier molecular flexibility index (Phi) is 18.4. The standard InChI is InChI=1S/C10H20O3.C7H12O3.C5H10O2/c1-5-6-7-12-9(4)13-10(11)8(2)3;1-5(2)7(8)10-4-6-3-9-6;1-4(2)5(6)7-3/h8-9H,5-7H2,1-4H3;5-6H,3-4H2,1-2H3;4H,1-3H3. The summed E-state index contributed by atoms with van der Waals surface area (Å²) in [4.78, 5) is 32.2. The molecule has 1 aliphatic rings. The lowest BCUT2D eigenvalue weighted by molar-refractivity contribution is -0.178. The molecule has 0 radical (unpaired) electrons. The van der Waals surface area contributed by atoms with Crippen molar-refractivity contribution in [2.45, 2.75) is 80.6 Å².